The van der Waals surface area contributed by atoms with Crippen molar-refractivity contribution in [3.05, 3.63) is 88.2 Å². The largest absolute Gasteiger partial charge is 0.325 e. The number of halogens is 3. The molecule has 9 heteroatoms. The normalized spacial score (nSPS) is 11.5. The molecule has 0 aliphatic heterocycles. The van der Waals surface area contributed by atoms with Gasteiger partial charge in [0.2, 0.25) is 5.91 Å². The highest BCUT2D eigenvalue weighted by molar-refractivity contribution is 7.99. The Balaban J connectivity index is 1.60. The monoisotopic (exact) mass is 528 g/mol. The van der Waals surface area contributed by atoms with Crippen LogP contribution in [0.15, 0.2) is 71.9 Å². The molecule has 0 saturated heterocycles. The Morgan fingerprint density at radius 3 is 2.31 bits per heavy atom. The average molecular weight is 529 g/mol. The van der Waals surface area contributed by atoms with Crippen molar-refractivity contribution in [2.45, 2.75) is 31.3 Å². The Hall–Kier alpha value is -2.87. The van der Waals surface area contributed by atoms with E-state index in [2.05, 4.69) is 48.4 Å². The van der Waals surface area contributed by atoms with E-state index in [9.17, 15) is 9.18 Å². The predicted molar refractivity (Wildman–Crippen MR) is 141 cm³/mol. The van der Waals surface area contributed by atoms with E-state index in [1.54, 1.807) is 12.1 Å². The second-order valence-electron chi connectivity index (χ2n) is 8.91. The number of nitrogens with one attached hydrogen (secondary N) is 1. The fourth-order valence-corrected chi connectivity index (χ4v) is 4.45. The average Bonchev–Trinajstić information content (AvgIpc) is 3.24. The summed E-state index contributed by atoms with van der Waals surface area (Å²) < 4.78 is 15.3. The molecule has 0 aliphatic carbocycles. The number of hydrogen-bond donors (Lipinski definition) is 1. The Morgan fingerprint density at radius 2 is 1.69 bits per heavy atom. The summed E-state index contributed by atoms with van der Waals surface area (Å²) in [4.78, 5) is 12.5. The number of anilines is 1. The minimum atomic E-state index is -0.543. The summed E-state index contributed by atoms with van der Waals surface area (Å²) in [6.45, 7) is 6.49. The van der Waals surface area contributed by atoms with Gasteiger partial charge in [0, 0.05) is 22.0 Å². The van der Waals surface area contributed by atoms with E-state index in [0.29, 0.717) is 21.7 Å². The molecule has 1 heterocycles. The number of aromatic nitrogens is 3. The van der Waals surface area contributed by atoms with Gasteiger partial charge in [0.05, 0.1) is 10.8 Å². The molecule has 0 radical (unpaired) electrons. The summed E-state index contributed by atoms with van der Waals surface area (Å²) in [6, 6.07) is 19.6. The molecule has 0 saturated carbocycles. The van der Waals surface area contributed by atoms with Gasteiger partial charge in [0.1, 0.15) is 5.82 Å². The Labute approximate surface area is 217 Å². The quantitative estimate of drug-likeness (QED) is 0.264. The van der Waals surface area contributed by atoms with Crippen LogP contribution in [0.1, 0.15) is 26.3 Å². The molecular formula is C26H23Cl2FN4OS. The van der Waals surface area contributed by atoms with Gasteiger partial charge in [-0.3, -0.25) is 9.36 Å². The number of carbonyl (C=O) groups is 1. The summed E-state index contributed by atoms with van der Waals surface area (Å²) in [6.07, 6.45) is 0. The third kappa shape index (κ3) is 6.04. The molecule has 0 spiro atoms. The molecule has 3 aromatic carbocycles. The van der Waals surface area contributed by atoms with E-state index in [1.165, 1.54) is 35.5 Å². The van der Waals surface area contributed by atoms with Crippen LogP contribution in [0.3, 0.4) is 0 Å². The lowest BCUT2D eigenvalue weighted by Gasteiger charge is -2.19. The number of nitrogens with zero attached hydrogens (tertiary/aromatic N) is 3. The number of amides is 1. The van der Waals surface area contributed by atoms with Gasteiger partial charge in [0.15, 0.2) is 11.0 Å². The molecule has 0 bridgehead atoms. The summed E-state index contributed by atoms with van der Waals surface area (Å²) in [5.41, 5.74) is 3.39. The summed E-state index contributed by atoms with van der Waals surface area (Å²) in [5.74, 6) is -0.0949. The van der Waals surface area contributed by atoms with Crippen molar-refractivity contribution >= 4 is 46.6 Å². The lowest BCUT2D eigenvalue weighted by molar-refractivity contribution is -0.113. The first-order valence-corrected chi connectivity index (χ1v) is 12.6. The summed E-state index contributed by atoms with van der Waals surface area (Å²) >= 11 is 13.1. The fourth-order valence-electron chi connectivity index (χ4n) is 3.39. The minimum Gasteiger partial charge on any atom is -0.325 e. The zero-order valence-electron chi connectivity index (χ0n) is 19.3. The topological polar surface area (TPSA) is 59.8 Å². The van der Waals surface area contributed by atoms with Crippen molar-refractivity contribution in [1.82, 2.24) is 14.8 Å². The van der Waals surface area contributed by atoms with Crippen LogP contribution in [0.25, 0.3) is 17.1 Å². The molecule has 1 aromatic heterocycles. The number of hydrogen-bond acceptors (Lipinski definition) is 4. The smallest absolute Gasteiger partial charge is 0.234 e. The minimum absolute atomic E-state index is 0.0332. The van der Waals surface area contributed by atoms with E-state index in [4.69, 9.17) is 23.2 Å². The van der Waals surface area contributed by atoms with Crippen LogP contribution in [0.4, 0.5) is 10.1 Å². The van der Waals surface area contributed by atoms with E-state index >= 15 is 0 Å². The van der Waals surface area contributed by atoms with Gasteiger partial charge in [-0.25, -0.2) is 4.39 Å². The lowest BCUT2D eigenvalue weighted by Crippen LogP contribution is -2.14. The van der Waals surface area contributed by atoms with Crippen LogP contribution in [-0.2, 0) is 10.2 Å². The molecule has 0 aliphatic rings. The Morgan fingerprint density at radius 1 is 1.00 bits per heavy atom. The number of carbonyl (C=O) groups excluding carboxylic acids is 1. The second-order valence-corrected chi connectivity index (χ2v) is 10.7. The molecule has 1 amide bonds. The van der Waals surface area contributed by atoms with Crippen molar-refractivity contribution in [3.8, 4) is 17.1 Å². The van der Waals surface area contributed by atoms with Crippen molar-refractivity contribution in [1.29, 1.82) is 0 Å². The lowest BCUT2D eigenvalue weighted by atomic mass is 9.87. The van der Waals surface area contributed by atoms with Gasteiger partial charge >= 0.3 is 0 Å². The molecule has 0 unspecified atom stereocenters. The number of thioether (sulfide) groups is 1. The fraction of sp³-hybridized carbons (Fsp3) is 0.192. The highest BCUT2D eigenvalue weighted by Gasteiger charge is 2.19. The summed E-state index contributed by atoms with van der Waals surface area (Å²) in [5, 5.41) is 12.6. The van der Waals surface area contributed by atoms with Crippen molar-refractivity contribution in [2.24, 2.45) is 0 Å². The van der Waals surface area contributed by atoms with E-state index in [-0.39, 0.29) is 22.1 Å². The van der Waals surface area contributed by atoms with Gasteiger partial charge in [0.25, 0.3) is 0 Å². The molecule has 4 rings (SSSR count). The van der Waals surface area contributed by atoms with Crippen LogP contribution in [0.2, 0.25) is 10.0 Å². The Kier molecular flexibility index (Phi) is 7.50. The van der Waals surface area contributed by atoms with Crippen molar-refractivity contribution < 1.29 is 9.18 Å². The molecule has 0 atom stereocenters. The van der Waals surface area contributed by atoms with Crippen LogP contribution in [-0.4, -0.2) is 26.4 Å². The predicted octanol–water partition coefficient (Wildman–Crippen LogP) is 7.41. The first-order chi connectivity index (χ1) is 16.6. The van der Waals surface area contributed by atoms with E-state index in [1.807, 2.05) is 28.8 Å². The standard InChI is InChI=1S/C26H23Cl2FN4OS/c1-26(2,3)17-6-4-16(5-7-17)24-31-32-25(33(24)20-11-8-18(27)9-12-20)35-15-23(34)30-19-10-13-22(29)21(28)14-19/h4-14H,15H2,1-3H3,(H,30,34). The van der Waals surface area contributed by atoms with Gasteiger partial charge in [-0.2, -0.15) is 0 Å². The van der Waals surface area contributed by atoms with Gasteiger partial charge in [-0.05, 0) is 53.4 Å². The third-order valence-electron chi connectivity index (χ3n) is 5.26. The highest BCUT2D eigenvalue weighted by atomic mass is 35.5. The number of benzene rings is 3. The molecule has 5 nitrogen and oxygen atoms in total. The SMILES string of the molecule is CC(C)(C)c1ccc(-c2nnc(SCC(=O)Nc3ccc(F)c(Cl)c3)n2-c2ccc(Cl)cc2)cc1. The van der Waals surface area contributed by atoms with Gasteiger partial charge in [-0.15, -0.1) is 10.2 Å². The zero-order chi connectivity index (χ0) is 25.2. The van der Waals surface area contributed by atoms with Crippen molar-refractivity contribution in [2.75, 3.05) is 11.1 Å². The van der Waals surface area contributed by atoms with E-state index in [0.717, 1.165) is 11.3 Å². The van der Waals surface area contributed by atoms with Crippen LogP contribution in [0.5, 0.6) is 0 Å². The molecule has 4 aromatic rings. The third-order valence-corrected chi connectivity index (χ3v) is 6.73. The summed E-state index contributed by atoms with van der Waals surface area (Å²) in [7, 11) is 0. The first-order valence-electron chi connectivity index (χ1n) is 10.8. The maximum atomic E-state index is 13.4. The Bertz CT molecular complexity index is 1350. The van der Waals surface area contributed by atoms with E-state index < -0.39 is 5.82 Å². The molecular weight excluding hydrogens is 506 g/mol. The molecule has 0 fully saturated rings. The van der Waals surface area contributed by atoms with Crippen molar-refractivity contribution in [3.63, 3.8) is 0 Å². The zero-order valence-corrected chi connectivity index (χ0v) is 21.7. The molecule has 35 heavy (non-hydrogen) atoms. The van der Waals surface area contributed by atoms with Gasteiger partial charge < -0.3 is 5.32 Å². The van der Waals surface area contributed by atoms with Gasteiger partial charge in [-0.1, -0.05) is 80.0 Å². The molecule has 1 N–H and O–H groups in total. The second kappa shape index (κ2) is 10.4. The van der Waals surface area contributed by atoms with Crippen LogP contribution < -0.4 is 5.32 Å². The maximum absolute atomic E-state index is 13.4. The number of rotatable bonds is 6. The highest BCUT2D eigenvalue weighted by Crippen LogP contribution is 2.31. The van der Waals surface area contributed by atoms with Crippen LogP contribution >= 0.6 is 35.0 Å². The maximum Gasteiger partial charge on any atom is 0.234 e. The van der Waals surface area contributed by atoms with Crippen LogP contribution in [0, 0.1) is 5.82 Å². The molecule has 180 valence electrons. The first kappa shape index (κ1) is 25.2.